The molecular weight excluding hydrogens is 364 g/mol. The van der Waals surface area contributed by atoms with Gasteiger partial charge in [-0.1, -0.05) is 23.7 Å². The summed E-state index contributed by atoms with van der Waals surface area (Å²) in [5.41, 5.74) is 3.61. The Morgan fingerprint density at radius 1 is 1.00 bits per heavy atom. The second kappa shape index (κ2) is 6.89. The average molecular weight is 381 g/mol. The molecule has 0 spiro atoms. The van der Waals surface area contributed by atoms with Crippen LogP contribution in [0.4, 0.5) is 0 Å². The topological polar surface area (TPSA) is 62.1 Å². The van der Waals surface area contributed by atoms with Crippen LogP contribution in [0.1, 0.15) is 11.1 Å². The molecule has 136 valence electrons. The van der Waals surface area contributed by atoms with Crippen LogP contribution in [0, 0.1) is 13.8 Å². The molecule has 0 amide bonds. The molecule has 0 aliphatic rings. The summed E-state index contributed by atoms with van der Waals surface area (Å²) in [6.45, 7) is 3.99. The molecular formula is C20H17ClN4O2. The number of fused-ring (bicyclic) bond motifs is 1. The molecule has 2 heterocycles. The maximum absolute atomic E-state index is 6.16. The predicted octanol–water partition coefficient (Wildman–Crippen LogP) is 4.89. The summed E-state index contributed by atoms with van der Waals surface area (Å²) in [6, 6.07) is 11.4. The number of benzene rings is 2. The highest BCUT2D eigenvalue weighted by Gasteiger charge is 2.16. The van der Waals surface area contributed by atoms with Gasteiger partial charge in [-0.15, -0.1) is 0 Å². The Morgan fingerprint density at radius 2 is 1.85 bits per heavy atom. The van der Waals surface area contributed by atoms with Crippen LogP contribution in [-0.2, 0) is 0 Å². The Morgan fingerprint density at radius 3 is 2.67 bits per heavy atom. The van der Waals surface area contributed by atoms with Crippen molar-refractivity contribution < 1.29 is 9.47 Å². The van der Waals surface area contributed by atoms with E-state index in [1.54, 1.807) is 18.0 Å². The predicted molar refractivity (Wildman–Crippen MR) is 104 cm³/mol. The fraction of sp³-hybridized carbons (Fsp3) is 0.150. The largest absolute Gasteiger partial charge is 0.493 e. The van der Waals surface area contributed by atoms with Gasteiger partial charge in [0.15, 0.2) is 17.1 Å². The van der Waals surface area contributed by atoms with Crippen LogP contribution in [-0.4, -0.2) is 26.9 Å². The highest BCUT2D eigenvalue weighted by Crippen LogP contribution is 2.34. The molecule has 4 rings (SSSR count). The minimum Gasteiger partial charge on any atom is -0.493 e. The average Bonchev–Trinajstić information content (AvgIpc) is 3.10. The van der Waals surface area contributed by atoms with E-state index in [1.807, 2.05) is 50.2 Å². The number of nitrogens with zero attached hydrogens (tertiary/aromatic N) is 4. The molecule has 0 aliphatic heterocycles. The summed E-state index contributed by atoms with van der Waals surface area (Å²) in [5, 5.41) is 5.80. The first kappa shape index (κ1) is 17.3. The van der Waals surface area contributed by atoms with Crippen LogP contribution in [0.15, 0.2) is 48.9 Å². The SMILES string of the molecule is COc1cc(C)ccc1Oc1ncnc2c1cnn2-c1cc(Cl)ccc1C. The van der Waals surface area contributed by atoms with Crippen molar-refractivity contribution in [3.05, 3.63) is 65.1 Å². The second-order valence-electron chi connectivity index (χ2n) is 6.16. The molecule has 0 N–H and O–H groups in total. The lowest BCUT2D eigenvalue weighted by atomic mass is 10.2. The Bertz CT molecular complexity index is 1140. The Kier molecular flexibility index (Phi) is 4.41. The van der Waals surface area contributed by atoms with Gasteiger partial charge in [0, 0.05) is 5.02 Å². The van der Waals surface area contributed by atoms with E-state index in [0.717, 1.165) is 16.8 Å². The summed E-state index contributed by atoms with van der Waals surface area (Å²) in [5.74, 6) is 1.63. The van der Waals surface area contributed by atoms with Crippen molar-refractivity contribution in [1.29, 1.82) is 0 Å². The zero-order valence-electron chi connectivity index (χ0n) is 15.1. The van der Waals surface area contributed by atoms with Crippen molar-refractivity contribution in [3.8, 4) is 23.1 Å². The fourth-order valence-corrected chi connectivity index (χ4v) is 3.02. The quantitative estimate of drug-likeness (QED) is 0.504. The summed E-state index contributed by atoms with van der Waals surface area (Å²) < 4.78 is 13.2. The molecule has 2 aromatic carbocycles. The van der Waals surface area contributed by atoms with Crippen LogP contribution in [0.3, 0.4) is 0 Å². The van der Waals surface area contributed by atoms with E-state index in [0.29, 0.717) is 33.4 Å². The number of hydrogen-bond donors (Lipinski definition) is 0. The number of hydrogen-bond acceptors (Lipinski definition) is 5. The first-order chi connectivity index (χ1) is 13.1. The summed E-state index contributed by atoms with van der Waals surface area (Å²) in [6.07, 6.45) is 3.14. The zero-order chi connectivity index (χ0) is 19.0. The number of aromatic nitrogens is 4. The number of rotatable bonds is 4. The van der Waals surface area contributed by atoms with E-state index in [1.165, 1.54) is 6.33 Å². The van der Waals surface area contributed by atoms with Gasteiger partial charge in [-0.3, -0.25) is 0 Å². The van der Waals surface area contributed by atoms with Gasteiger partial charge in [-0.05, 0) is 49.2 Å². The highest BCUT2D eigenvalue weighted by molar-refractivity contribution is 6.30. The minimum absolute atomic E-state index is 0.410. The standard InChI is InChI=1S/C20H17ClN4O2/c1-12-4-7-17(18(8-12)26-3)27-20-15-10-24-25(19(15)22-11-23-20)16-9-14(21)6-5-13(16)2/h4-11H,1-3H3. The monoisotopic (exact) mass is 380 g/mol. The number of methoxy groups -OCH3 is 1. The molecule has 2 aromatic heterocycles. The van der Waals surface area contributed by atoms with Crippen molar-refractivity contribution in [3.63, 3.8) is 0 Å². The van der Waals surface area contributed by atoms with Crippen molar-refractivity contribution in [1.82, 2.24) is 19.7 Å². The third-order valence-electron chi connectivity index (χ3n) is 4.25. The van der Waals surface area contributed by atoms with E-state index < -0.39 is 0 Å². The maximum atomic E-state index is 6.16. The lowest BCUT2D eigenvalue weighted by molar-refractivity contribution is 0.375. The van der Waals surface area contributed by atoms with Crippen LogP contribution >= 0.6 is 11.6 Å². The molecule has 6 nitrogen and oxygen atoms in total. The van der Waals surface area contributed by atoms with Gasteiger partial charge < -0.3 is 9.47 Å². The molecule has 7 heteroatoms. The lowest BCUT2D eigenvalue weighted by Gasteiger charge is -2.11. The molecule has 27 heavy (non-hydrogen) atoms. The summed E-state index contributed by atoms with van der Waals surface area (Å²) in [7, 11) is 1.61. The first-order valence-electron chi connectivity index (χ1n) is 8.34. The zero-order valence-corrected chi connectivity index (χ0v) is 15.9. The smallest absolute Gasteiger partial charge is 0.233 e. The van der Waals surface area contributed by atoms with Gasteiger partial charge in [0.05, 0.1) is 19.0 Å². The number of ether oxygens (including phenoxy) is 2. The van der Waals surface area contributed by atoms with Crippen molar-refractivity contribution >= 4 is 22.6 Å². The normalized spacial score (nSPS) is 11.0. The van der Waals surface area contributed by atoms with Gasteiger partial charge in [0.2, 0.25) is 5.88 Å². The first-order valence-corrected chi connectivity index (χ1v) is 8.72. The van der Waals surface area contributed by atoms with Gasteiger partial charge >= 0.3 is 0 Å². The van der Waals surface area contributed by atoms with Crippen LogP contribution in [0.2, 0.25) is 5.02 Å². The van der Waals surface area contributed by atoms with Crippen molar-refractivity contribution in [2.45, 2.75) is 13.8 Å². The second-order valence-corrected chi connectivity index (χ2v) is 6.60. The minimum atomic E-state index is 0.410. The number of aryl methyl sites for hydroxylation is 2. The van der Waals surface area contributed by atoms with Crippen LogP contribution in [0.25, 0.3) is 16.7 Å². The van der Waals surface area contributed by atoms with Gasteiger partial charge in [0.1, 0.15) is 11.7 Å². The van der Waals surface area contributed by atoms with Crippen molar-refractivity contribution in [2.75, 3.05) is 7.11 Å². The molecule has 0 atom stereocenters. The third kappa shape index (κ3) is 3.19. The molecule has 0 unspecified atom stereocenters. The van der Waals surface area contributed by atoms with Crippen LogP contribution in [0.5, 0.6) is 17.4 Å². The van der Waals surface area contributed by atoms with Gasteiger partial charge in [-0.25, -0.2) is 14.6 Å². The summed E-state index contributed by atoms with van der Waals surface area (Å²) in [4.78, 5) is 8.66. The van der Waals surface area contributed by atoms with Crippen molar-refractivity contribution in [2.24, 2.45) is 0 Å². The third-order valence-corrected chi connectivity index (χ3v) is 4.49. The van der Waals surface area contributed by atoms with E-state index in [9.17, 15) is 0 Å². The molecule has 0 fully saturated rings. The molecule has 0 saturated carbocycles. The maximum Gasteiger partial charge on any atom is 0.233 e. The van der Waals surface area contributed by atoms with E-state index in [4.69, 9.17) is 21.1 Å². The lowest BCUT2D eigenvalue weighted by Crippen LogP contribution is -2.01. The highest BCUT2D eigenvalue weighted by atomic mass is 35.5. The van der Waals surface area contributed by atoms with Gasteiger partial charge in [0.25, 0.3) is 0 Å². The molecule has 0 saturated heterocycles. The Balaban J connectivity index is 1.81. The van der Waals surface area contributed by atoms with E-state index in [-0.39, 0.29) is 0 Å². The molecule has 0 aliphatic carbocycles. The molecule has 0 radical (unpaired) electrons. The summed E-state index contributed by atoms with van der Waals surface area (Å²) >= 11 is 6.16. The number of halogens is 1. The van der Waals surface area contributed by atoms with Gasteiger partial charge in [-0.2, -0.15) is 5.10 Å². The van der Waals surface area contributed by atoms with Crippen LogP contribution < -0.4 is 9.47 Å². The van der Waals surface area contributed by atoms with E-state index in [2.05, 4.69) is 15.1 Å². The molecule has 4 aromatic rings. The fourth-order valence-electron chi connectivity index (χ4n) is 2.85. The molecule has 0 bridgehead atoms. The Hall–Kier alpha value is -3.12. The Labute approximate surface area is 161 Å². The van der Waals surface area contributed by atoms with E-state index >= 15 is 0 Å².